The van der Waals surface area contributed by atoms with Crippen molar-refractivity contribution in [2.45, 2.75) is 12.8 Å². The van der Waals surface area contributed by atoms with E-state index in [-0.39, 0.29) is 16.8 Å². The Balaban J connectivity index is 1.72. The van der Waals surface area contributed by atoms with Crippen LogP contribution in [0.2, 0.25) is 5.02 Å². The lowest BCUT2D eigenvalue weighted by molar-refractivity contribution is -0.117. The molecule has 1 fully saturated rings. The van der Waals surface area contributed by atoms with Crippen molar-refractivity contribution in [2.75, 3.05) is 10.6 Å². The smallest absolute Gasteiger partial charge is 0.228 e. The number of nitrogens with zero attached hydrogens (tertiary/aromatic N) is 1. The first-order valence-corrected chi connectivity index (χ1v) is 6.98. The molecule has 0 atom stereocenters. The third kappa shape index (κ3) is 3.49. The van der Waals surface area contributed by atoms with Gasteiger partial charge in [0.05, 0.1) is 5.02 Å². The fourth-order valence-electron chi connectivity index (χ4n) is 1.89. The molecule has 1 aromatic carbocycles. The number of nitrogens with one attached hydrogen (secondary N) is 2. The van der Waals surface area contributed by atoms with Crippen LogP contribution in [0.1, 0.15) is 12.8 Å². The maximum atomic E-state index is 13.1. The van der Waals surface area contributed by atoms with Crippen molar-refractivity contribution in [3.63, 3.8) is 0 Å². The van der Waals surface area contributed by atoms with Gasteiger partial charge in [0.25, 0.3) is 0 Å². The van der Waals surface area contributed by atoms with Crippen LogP contribution in [0.15, 0.2) is 36.5 Å². The quantitative estimate of drug-likeness (QED) is 0.898. The molecule has 21 heavy (non-hydrogen) atoms. The molecule has 1 heterocycles. The maximum absolute atomic E-state index is 13.1. The van der Waals surface area contributed by atoms with E-state index in [1.54, 1.807) is 24.4 Å². The van der Waals surface area contributed by atoms with Gasteiger partial charge < -0.3 is 10.6 Å². The van der Waals surface area contributed by atoms with E-state index in [2.05, 4.69) is 15.6 Å². The minimum absolute atomic E-state index is 0.00415. The Morgan fingerprint density at radius 3 is 2.71 bits per heavy atom. The van der Waals surface area contributed by atoms with E-state index >= 15 is 0 Å². The highest BCUT2D eigenvalue weighted by molar-refractivity contribution is 6.31. The molecule has 6 heteroatoms. The van der Waals surface area contributed by atoms with Crippen LogP contribution in [0.25, 0.3) is 0 Å². The van der Waals surface area contributed by atoms with Crippen molar-refractivity contribution in [3.05, 3.63) is 47.4 Å². The lowest BCUT2D eigenvalue weighted by Gasteiger charge is -2.09. The van der Waals surface area contributed by atoms with Gasteiger partial charge in [-0.05, 0) is 37.1 Å². The average molecular weight is 306 g/mol. The number of benzene rings is 1. The third-order valence-electron chi connectivity index (χ3n) is 3.17. The molecule has 0 saturated heterocycles. The van der Waals surface area contributed by atoms with Crippen LogP contribution in [0.5, 0.6) is 0 Å². The standard InChI is InChI=1S/C15H13ClFN3O/c16-12-7-10(3-4-13(12)17)19-11-5-6-18-14(8-11)20-15(21)9-1-2-9/h3-9H,1-2H2,(H2,18,19,20,21). The normalized spacial score (nSPS) is 13.8. The van der Waals surface area contributed by atoms with Gasteiger partial charge in [-0.3, -0.25) is 4.79 Å². The molecule has 0 bridgehead atoms. The molecule has 1 amide bonds. The van der Waals surface area contributed by atoms with Crippen molar-refractivity contribution < 1.29 is 9.18 Å². The van der Waals surface area contributed by atoms with Crippen molar-refractivity contribution in [3.8, 4) is 0 Å². The highest BCUT2D eigenvalue weighted by Gasteiger charge is 2.29. The summed E-state index contributed by atoms with van der Waals surface area (Å²) in [5.74, 6) is 0.156. The predicted molar refractivity (Wildman–Crippen MR) is 80.3 cm³/mol. The number of carbonyl (C=O) groups excluding carboxylic acids is 1. The summed E-state index contributed by atoms with van der Waals surface area (Å²) in [6.45, 7) is 0. The number of hydrogen-bond donors (Lipinski definition) is 2. The summed E-state index contributed by atoms with van der Waals surface area (Å²) in [5, 5.41) is 5.91. The van der Waals surface area contributed by atoms with Gasteiger partial charge in [0, 0.05) is 29.6 Å². The van der Waals surface area contributed by atoms with Crippen LogP contribution >= 0.6 is 11.6 Å². The highest BCUT2D eigenvalue weighted by atomic mass is 35.5. The minimum Gasteiger partial charge on any atom is -0.355 e. The van der Waals surface area contributed by atoms with Crippen molar-refractivity contribution in [2.24, 2.45) is 5.92 Å². The summed E-state index contributed by atoms with van der Waals surface area (Å²) >= 11 is 5.74. The maximum Gasteiger partial charge on any atom is 0.228 e. The molecule has 1 saturated carbocycles. The van der Waals surface area contributed by atoms with E-state index in [0.29, 0.717) is 11.5 Å². The van der Waals surface area contributed by atoms with E-state index in [4.69, 9.17) is 11.6 Å². The molecule has 0 spiro atoms. The lowest BCUT2D eigenvalue weighted by Crippen LogP contribution is -2.14. The first kappa shape index (κ1) is 13.8. The van der Waals surface area contributed by atoms with Crippen molar-refractivity contribution in [1.29, 1.82) is 0 Å². The Morgan fingerprint density at radius 1 is 1.24 bits per heavy atom. The van der Waals surface area contributed by atoms with Gasteiger partial charge in [0.1, 0.15) is 11.6 Å². The number of amides is 1. The average Bonchev–Trinajstić information content (AvgIpc) is 3.28. The highest BCUT2D eigenvalue weighted by Crippen LogP contribution is 2.30. The minimum atomic E-state index is -0.464. The van der Waals surface area contributed by atoms with Crippen LogP contribution in [0, 0.1) is 11.7 Å². The molecular weight excluding hydrogens is 293 g/mol. The third-order valence-corrected chi connectivity index (χ3v) is 3.46. The molecule has 1 aromatic heterocycles. The van der Waals surface area contributed by atoms with Crippen LogP contribution < -0.4 is 10.6 Å². The van der Waals surface area contributed by atoms with E-state index in [1.807, 2.05) is 0 Å². The zero-order valence-corrected chi connectivity index (χ0v) is 11.8. The van der Waals surface area contributed by atoms with Gasteiger partial charge in [-0.2, -0.15) is 0 Å². The number of anilines is 3. The van der Waals surface area contributed by atoms with Gasteiger partial charge in [-0.25, -0.2) is 9.37 Å². The first-order chi connectivity index (χ1) is 10.1. The van der Waals surface area contributed by atoms with Gasteiger partial charge in [0.2, 0.25) is 5.91 Å². The summed E-state index contributed by atoms with van der Waals surface area (Å²) in [7, 11) is 0. The monoisotopic (exact) mass is 305 g/mol. The topological polar surface area (TPSA) is 54.0 Å². The molecule has 4 nitrogen and oxygen atoms in total. The number of halogens is 2. The molecule has 2 N–H and O–H groups in total. The molecule has 0 radical (unpaired) electrons. The number of hydrogen-bond acceptors (Lipinski definition) is 3. The molecule has 0 unspecified atom stereocenters. The Bertz CT molecular complexity index is 688. The fraction of sp³-hybridized carbons (Fsp3) is 0.200. The fourth-order valence-corrected chi connectivity index (χ4v) is 2.07. The van der Waals surface area contributed by atoms with E-state index < -0.39 is 5.82 Å². The molecule has 0 aliphatic heterocycles. The Kier molecular flexibility index (Phi) is 3.75. The first-order valence-electron chi connectivity index (χ1n) is 6.61. The number of aromatic nitrogens is 1. The SMILES string of the molecule is O=C(Nc1cc(Nc2ccc(F)c(Cl)c2)ccn1)C1CC1. The summed E-state index contributed by atoms with van der Waals surface area (Å²) in [6.07, 6.45) is 3.48. The molecule has 108 valence electrons. The molecule has 1 aliphatic carbocycles. The van der Waals surface area contributed by atoms with Gasteiger partial charge in [-0.15, -0.1) is 0 Å². The second-order valence-corrected chi connectivity index (χ2v) is 5.35. The number of pyridine rings is 1. The van der Waals surface area contributed by atoms with Gasteiger partial charge >= 0.3 is 0 Å². The van der Waals surface area contributed by atoms with Gasteiger partial charge in [-0.1, -0.05) is 11.6 Å². The van der Waals surface area contributed by atoms with E-state index in [0.717, 1.165) is 18.5 Å². The summed E-state index contributed by atoms with van der Waals surface area (Å²) in [5.41, 5.74) is 1.39. The summed E-state index contributed by atoms with van der Waals surface area (Å²) < 4.78 is 13.1. The molecule has 2 aromatic rings. The van der Waals surface area contributed by atoms with Crippen LogP contribution in [0.3, 0.4) is 0 Å². The van der Waals surface area contributed by atoms with Gasteiger partial charge in [0.15, 0.2) is 0 Å². The number of carbonyl (C=O) groups is 1. The number of rotatable bonds is 4. The zero-order chi connectivity index (χ0) is 14.8. The predicted octanol–water partition coefficient (Wildman–Crippen LogP) is 3.97. The Hall–Kier alpha value is -2.14. The largest absolute Gasteiger partial charge is 0.355 e. The summed E-state index contributed by atoms with van der Waals surface area (Å²) in [6, 6.07) is 7.85. The van der Waals surface area contributed by atoms with Crippen molar-refractivity contribution >= 4 is 34.7 Å². The Morgan fingerprint density at radius 2 is 2.00 bits per heavy atom. The van der Waals surface area contributed by atoms with Crippen LogP contribution in [-0.4, -0.2) is 10.9 Å². The molecule has 3 rings (SSSR count). The second kappa shape index (κ2) is 5.69. The summed E-state index contributed by atoms with van der Waals surface area (Å²) in [4.78, 5) is 15.8. The Labute approximate surface area is 126 Å². The van der Waals surface area contributed by atoms with E-state index in [1.165, 1.54) is 12.1 Å². The van der Waals surface area contributed by atoms with Crippen LogP contribution in [-0.2, 0) is 4.79 Å². The lowest BCUT2D eigenvalue weighted by atomic mass is 10.3. The van der Waals surface area contributed by atoms with Crippen LogP contribution in [0.4, 0.5) is 21.6 Å². The van der Waals surface area contributed by atoms with Crippen molar-refractivity contribution in [1.82, 2.24) is 4.98 Å². The second-order valence-electron chi connectivity index (χ2n) is 4.95. The molecule has 1 aliphatic rings. The zero-order valence-electron chi connectivity index (χ0n) is 11.1. The van der Waals surface area contributed by atoms with E-state index in [9.17, 15) is 9.18 Å². The molecular formula is C15H13ClFN3O.